The Bertz CT molecular complexity index is 808. The highest BCUT2D eigenvalue weighted by Crippen LogP contribution is 2.17. The van der Waals surface area contributed by atoms with Crippen molar-refractivity contribution in [3.05, 3.63) is 46.8 Å². The fraction of sp³-hybridized carbons (Fsp3) is 0.421. The van der Waals surface area contributed by atoms with E-state index in [1.807, 2.05) is 32.9 Å². The molecule has 7 nitrogen and oxygen atoms in total. The minimum Gasteiger partial charge on any atom is -0.481 e. The van der Waals surface area contributed by atoms with Crippen LogP contribution in [0.25, 0.3) is 5.69 Å². The summed E-state index contributed by atoms with van der Waals surface area (Å²) in [6.45, 7) is 7.60. The van der Waals surface area contributed by atoms with Gasteiger partial charge in [0.05, 0.1) is 24.3 Å². The van der Waals surface area contributed by atoms with E-state index in [0.717, 1.165) is 22.5 Å². The zero-order valence-corrected chi connectivity index (χ0v) is 15.8. The first-order valence-electron chi connectivity index (χ1n) is 8.32. The molecule has 0 fully saturated rings. The average molecular weight is 359 g/mol. The van der Waals surface area contributed by atoms with Crippen molar-refractivity contribution in [3.63, 3.8) is 0 Å². The Labute approximate surface area is 153 Å². The number of carboxylic acid groups (broad SMARTS) is 1. The minimum absolute atomic E-state index is 0.0851. The first-order valence-corrected chi connectivity index (χ1v) is 8.32. The lowest BCUT2D eigenvalue weighted by atomic mass is 9.98. The molecule has 1 heterocycles. The van der Waals surface area contributed by atoms with Crippen LogP contribution >= 0.6 is 0 Å². The van der Waals surface area contributed by atoms with Crippen LogP contribution in [0.4, 0.5) is 0 Å². The van der Waals surface area contributed by atoms with Crippen LogP contribution in [0.3, 0.4) is 0 Å². The summed E-state index contributed by atoms with van der Waals surface area (Å²) in [5.74, 6) is -1.45. The number of nitrogens with zero attached hydrogens (tertiary/aromatic N) is 2. The molecule has 0 radical (unpaired) electrons. The van der Waals surface area contributed by atoms with Gasteiger partial charge in [-0.25, -0.2) is 4.68 Å². The number of nitrogens with one attached hydrogen (secondary N) is 1. The Morgan fingerprint density at radius 3 is 2.35 bits per heavy atom. The van der Waals surface area contributed by atoms with E-state index in [2.05, 4.69) is 16.5 Å². The van der Waals surface area contributed by atoms with E-state index in [4.69, 9.17) is 9.84 Å². The number of amides is 1. The summed E-state index contributed by atoms with van der Waals surface area (Å²) in [6.07, 6.45) is -0.247. The third kappa shape index (κ3) is 4.70. The SMILES string of the molecule is COCC(C)(CC(=O)O)NC(=O)c1cc(C)n(-c2cc(C)cc(C)c2)n1. The lowest BCUT2D eigenvalue weighted by Crippen LogP contribution is -2.50. The summed E-state index contributed by atoms with van der Waals surface area (Å²) in [6, 6.07) is 7.74. The van der Waals surface area contributed by atoms with Gasteiger partial charge in [0.1, 0.15) is 0 Å². The molecule has 0 bridgehead atoms. The van der Waals surface area contributed by atoms with Gasteiger partial charge in [0, 0.05) is 12.8 Å². The van der Waals surface area contributed by atoms with Crippen LogP contribution in [0, 0.1) is 20.8 Å². The number of hydrogen-bond donors (Lipinski definition) is 2. The molecule has 1 aromatic carbocycles. The summed E-state index contributed by atoms with van der Waals surface area (Å²) in [4.78, 5) is 23.7. The Morgan fingerprint density at radius 2 is 1.81 bits per heavy atom. The summed E-state index contributed by atoms with van der Waals surface area (Å²) < 4.78 is 6.77. The van der Waals surface area contributed by atoms with Gasteiger partial charge in [-0.05, 0) is 57.0 Å². The number of benzene rings is 1. The molecule has 0 saturated carbocycles. The number of carboxylic acids is 1. The largest absolute Gasteiger partial charge is 0.481 e. The molecule has 1 amide bonds. The zero-order chi connectivity index (χ0) is 19.5. The van der Waals surface area contributed by atoms with Crippen LogP contribution < -0.4 is 5.32 Å². The molecule has 0 aliphatic rings. The van der Waals surface area contributed by atoms with Crippen LogP contribution in [0.1, 0.15) is 40.7 Å². The molecular formula is C19H25N3O4. The number of hydrogen-bond acceptors (Lipinski definition) is 4. The third-order valence-corrected chi connectivity index (χ3v) is 3.99. The number of aromatic nitrogens is 2. The van der Waals surface area contributed by atoms with E-state index in [1.165, 1.54) is 7.11 Å². The highest BCUT2D eigenvalue weighted by atomic mass is 16.5. The topological polar surface area (TPSA) is 93.5 Å². The van der Waals surface area contributed by atoms with E-state index in [9.17, 15) is 9.59 Å². The molecule has 7 heteroatoms. The highest BCUT2D eigenvalue weighted by molar-refractivity contribution is 5.93. The van der Waals surface area contributed by atoms with E-state index in [0.29, 0.717) is 0 Å². The summed E-state index contributed by atoms with van der Waals surface area (Å²) in [5, 5.41) is 16.2. The lowest BCUT2D eigenvalue weighted by Gasteiger charge is -2.28. The molecule has 0 aliphatic carbocycles. The van der Waals surface area contributed by atoms with Crippen LogP contribution in [-0.2, 0) is 9.53 Å². The van der Waals surface area contributed by atoms with Gasteiger partial charge in [-0.15, -0.1) is 0 Å². The van der Waals surface area contributed by atoms with Gasteiger partial charge in [-0.1, -0.05) is 6.07 Å². The maximum absolute atomic E-state index is 12.6. The predicted octanol–water partition coefficient (Wildman–Crippen LogP) is 2.41. The molecule has 0 aliphatic heterocycles. The fourth-order valence-electron chi connectivity index (χ4n) is 3.04. The number of carbonyl (C=O) groups is 2. The molecule has 0 spiro atoms. The molecule has 1 unspecified atom stereocenters. The van der Waals surface area contributed by atoms with Crippen LogP contribution in [0.5, 0.6) is 0 Å². The fourth-order valence-corrected chi connectivity index (χ4v) is 3.04. The van der Waals surface area contributed by atoms with Gasteiger partial charge >= 0.3 is 5.97 Å². The minimum atomic E-state index is -1.02. The predicted molar refractivity (Wildman–Crippen MR) is 97.8 cm³/mol. The van der Waals surface area contributed by atoms with E-state index in [-0.39, 0.29) is 18.7 Å². The van der Waals surface area contributed by atoms with Crippen molar-refractivity contribution >= 4 is 11.9 Å². The smallest absolute Gasteiger partial charge is 0.305 e. The van der Waals surface area contributed by atoms with Gasteiger partial charge in [-0.2, -0.15) is 5.10 Å². The number of aryl methyl sites for hydroxylation is 3. The van der Waals surface area contributed by atoms with Crippen molar-refractivity contribution < 1.29 is 19.4 Å². The van der Waals surface area contributed by atoms with Crippen molar-refractivity contribution in [1.29, 1.82) is 0 Å². The zero-order valence-electron chi connectivity index (χ0n) is 15.8. The number of aliphatic carboxylic acids is 1. The van der Waals surface area contributed by atoms with Gasteiger partial charge < -0.3 is 15.2 Å². The molecule has 26 heavy (non-hydrogen) atoms. The standard InChI is InChI=1S/C19H25N3O4/c1-12-6-13(2)8-15(7-12)22-14(3)9-16(21-22)18(25)20-19(4,11-26-5)10-17(23)24/h6-9H,10-11H2,1-5H3,(H,20,25)(H,23,24). The number of rotatable bonds is 7. The summed E-state index contributed by atoms with van der Waals surface area (Å²) in [7, 11) is 1.46. The van der Waals surface area contributed by atoms with Crippen molar-refractivity contribution in [3.8, 4) is 5.69 Å². The molecule has 2 rings (SSSR count). The second kappa shape index (κ2) is 7.70. The Hall–Kier alpha value is -2.67. The van der Waals surface area contributed by atoms with Gasteiger partial charge in [-0.3, -0.25) is 9.59 Å². The summed E-state index contributed by atoms with van der Waals surface area (Å²) >= 11 is 0. The molecule has 140 valence electrons. The van der Waals surface area contributed by atoms with Crippen LogP contribution in [0.15, 0.2) is 24.3 Å². The maximum atomic E-state index is 12.6. The molecule has 2 N–H and O–H groups in total. The number of ether oxygens (including phenoxy) is 1. The van der Waals surface area contributed by atoms with Crippen LogP contribution in [0.2, 0.25) is 0 Å². The van der Waals surface area contributed by atoms with E-state index >= 15 is 0 Å². The first-order chi connectivity index (χ1) is 12.1. The molecule has 0 saturated heterocycles. The normalized spacial score (nSPS) is 13.3. The molecule has 1 aromatic heterocycles. The van der Waals surface area contributed by atoms with Crippen molar-refractivity contribution in [2.75, 3.05) is 13.7 Å². The Balaban J connectivity index is 2.29. The quantitative estimate of drug-likeness (QED) is 0.792. The second-order valence-electron chi connectivity index (χ2n) is 6.95. The van der Waals surface area contributed by atoms with Crippen LogP contribution in [-0.4, -0.2) is 46.0 Å². The van der Waals surface area contributed by atoms with E-state index in [1.54, 1.807) is 17.7 Å². The van der Waals surface area contributed by atoms with Crippen molar-refractivity contribution in [2.24, 2.45) is 0 Å². The monoisotopic (exact) mass is 359 g/mol. The van der Waals surface area contributed by atoms with Gasteiger partial charge in [0.25, 0.3) is 5.91 Å². The Kier molecular flexibility index (Phi) is 5.82. The molecule has 1 atom stereocenters. The van der Waals surface area contributed by atoms with Crippen molar-refractivity contribution in [2.45, 2.75) is 39.7 Å². The van der Waals surface area contributed by atoms with E-state index < -0.39 is 17.4 Å². The van der Waals surface area contributed by atoms with Gasteiger partial charge in [0.15, 0.2) is 5.69 Å². The van der Waals surface area contributed by atoms with Crippen molar-refractivity contribution in [1.82, 2.24) is 15.1 Å². The lowest BCUT2D eigenvalue weighted by molar-refractivity contribution is -0.139. The summed E-state index contributed by atoms with van der Waals surface area (Å²) in [5.41, 5.74) is 3.12. The maximum Gasteiger partial charge on any atom is 0.305 e. The second-order valence-corrected chi connectivity index (χ2v) is 6.95. The first kappa shape index (κ1) is 19.7. The third-order valence-electron chi connectivity index (χ3n) is 3.99. The average Bonchev–Trinajstić information content (AvgIpc) is 2.87. The number of carbonyl (C=O) groups excluding carboxylic acids is 1. The number of methoxy groups -OCH3 is 1. The molecule has 2 aromatic rings. The van der Waals surface area contributed by atoms with Gasteiger partial charge in [0.2, 0.25) is 0 Å². The highest BCUT2D eigenvalue weighted by Gasteiger charge is 2.31. The Morgan fingerprint density at radius 1 is 1.19 bits per heavy atom. The molecular weight excluding hydrogens is 334 g/mol.